The molecular weight excluding hydrogens is 266 g/mol. The molecule has 1 aliphatic rings. The Hall–Kier alpha value is -1.69. The third-order valence-corrected chi connectivity index (χ3v) is 2.53. The summed E-state index contributed by atoms with van der Waals surface area (Å²) in [5.74, 6) is -1.82. The molecule has 0 atom stereocenters. The Morgan fingerprint density at radius 1 is 1.33 bits per heavy atom. The molecule has 2 amide bonds. The highest BCUT2D eigenvalue weighted by molar-refractivity contribution is 9.10. The second-order valence-electron chi connectivity index (χ2n) is 2.91. The van der Waals surface area contributed by atoms with Crippen LogP contribution in [0.3, 0.4) is 0 Å². The van der Waals surface area contributed by atoms with Crippen molar-refractivity contribution in [2.75, 3.05) is 4.90 Å². The molecule has 0 radical (unpaired) electrons. The van der Waals surface area contributed by atoms with E-state index < -0.39 is 17.8 Å². The number of hydrogen-bond donors (Lipinski definition) is 1. The first-order chi connectivity index (χ1) is 7.02. The summed E-state index contributed by atoms with van der Waals surface area (Å²) in [4.78, 5) is 33.9. The van der Waals surface area contributed by atoms with Gasteiger partial charge in [0.25, 0.3) is 5.78 Å². The number of ketones is 1. The van der Waals surface area contributed by atoms with Crippen LogP contribution in [0.2, 0.25) is 0 Å². The van der Waals surface area contributed by atoms with Gasteiger partial charge in [0.15, 0.2) is 0 Å². The Morgan fingerprint density at radius 3 is 2.60 bits per heavy atom. The highest BCUT2D eigenvalue weighted by Gasteiger charge is 2.39. The molecule has 15 heavy (non-hydrogen) atoms. The lowest BCUT2D eigenvalue weighted by Crippen LogP contribution is -2.34. The largest absolute Gasteiger partial charge is 0.464 e. The first-order valence-electron chi connectivity index (χ1n) is 3.93. The van der Waals surface area contributed by atoms with Crippen LogP contribution < -0.4 is 4.90 Å². The average molecular weight is 270 g/mol. The highest BCUT2D eigenvalue weighted by atomic mass is 79.9. The van der Waals surface area contributed by atoms with Gasteiger partial charge in [0, 0.05) is 4.47 Å². The summed E-state index contributed by atoms with van der Waals surface area (Å²) in [6.45, 7) is 0. The molecule has 0 spiro atoms. The summed E-state index contributed by atoms with van der Waals surface area (Å²) >= 11 is 3.14. The van der Waals surface area contributed by atoms with E-state index in [0.29, 0.717) is 9.37 Å². The molecule has 1 aromatic carbocycles. The molecule has 0 saturated carbocycles. The number of carbonyl (C=O) groups excluding carboxylic acids is 2. The molecular formula is C9H4BrNO4. The lowest BCUT2D eigenvalue weighted by molar-refractivity contribution is -0.113. The number of benzene rings is 1. The fourth-order valence-corrected chi connectivity index (χ4v) is 1.75. The molecule has 0 unspecified atom stereocenters. The van der Waals surface area contributed by atoms with Crippen LogP contribution in [0.25, 0.3) is 0 Å². The molecule has 5 nitrogen and oxygen atoms in total. The zero-order chi connectivity index (χ0) is 11.2. The number of hydrogen-bond acceptors (Lipinski definition) is 3. The normalized spacial score (nSPS) is 14.3. The third kappa shape index (κ3) is 1.33. The minimum absolute atomic E-state index is 0.104. The standard InChI is InChI=1S/C9H4BrNO4/c10-4-1-2-5-6(3-4)11(9(14)15)8(13)7(5)12/h1-3H,(H,14,15). The smallest absolute Gasteiger partial charge is 0.419 e. The number of rotatable bonds is 0. The number of amides is 2. The van der Waals surface area contributed by atoms with Gasteiger partial charge in [0.05, 0.1) is 11.3 Å². The number of Topliss-reactive ketones (excluding diaryl/α,β-unsaturated/α-hetero) is 1. The van der Waals surface area contributed by atoms with Crippen LogP contribution in [0.4, 0.5) is 10.5 Å². The zero-order valence-corrected chi connectivity index (χ0v) is 8.82. The zero-order valence-electron chi connectivity index (χ0n) is 7.23. The van der Waals surface area contributed by atoms with Crippen LogP contribution in [0.5, 0.6) is 0 Å². The van der Waals surface area contributed by atoms with E-state index in [9.17, 15) is 14.4 Å². The van der Waals surface area contributed by atoms with Gasteiger partial charge < -0.3 is 5.11 Å². The van der Waals surface area contributed by atoms with Gasteiger partial charge in [-0.15, -0.1) is 0 Å². The highest BCUT2D eigenvalue weighted by Crippen LogP contribution is 2.31. The topological polar surface area (TPSA) is 74.7 Å². The van der Waals surface area contributed by atoms with E-state index in [4.69, 9.17) is 5.11 Å². The van der Waals surface area contributed by atoms with Crippen molar-refractivity contribution in [3.05, 3.63) is 28.2 Å². The fraction of sp³-hybridized carbons (Fsp3) is 0. The molecule has 0 aliphatic carbocycles. The predicted molar refractivity (Wildman–Crippen MR) is 54.0 cm³/mol. The molecule has 0 fully saturated rings. The summed E-state index contributed by atoms with van der Waals surface area (Å²) in [7, 11) is 0. The van der Waals surface area contributed by atoms with Gasteiger partial charge in [-0.2, -0.15) is 0 Å². The van der Waals surface area contributed by atoms with Crippen LogP contribution in [-0.4, -0.2) is 22.9 Å². The van der Waals surface area contributed by atoms with Crippen molar-refractivity contribution < 1.29 is 19.5 Å². The van der Waals surface area contributed by atoms with Crippen molar-refractivity contribution in [1.29, 1.82) is 0 Å². The Kier molecular flexibility index (Phi) is 2.08. The number of carbonyl (C=O) groups is 3. The number of carboxylic acid groups (broad SMARTS) is 1. The Morgan fingerprint density at radius 2 is 2.00 bits per heavy atom. The summed E-state index contributed by atoms with van der Waals surface area (Å²) in [6.07, 6.45) is -1.45. The lowest BCUT2D eigenvalue weighted by Gasteiger charge is -2.09. The maximum atomic E-state index is 11.4. The van der Waals surface area contributed by atoms with Crippen molar-refractivity contribution in [2.24, 2.45) is 0 Å². The van der Waals surface area contributed by atoms with Crippen molar-refractivity contribution in [3.8, 4) is 0 Å². The van der Waals surface area contributed by atoms with Crippen LogP contribution in [0.1, 0.15) is 10.4 Å². The van der Waals surface area contributed by atoms with Gasteiger partial charge in [0.2, 0.25) is 0 Å². The van der Waals surface area contributed by atoms with Crippen molar-refractivity contribution in [1.82, 2.24) is 0 Å². The van der Waals surface area contributed by atoms with E-state index in [2.05, 4.69) is 15.9 Å². The van der Waals surface area contributed by atoms with Crippen LogP contribution in [0.15, 0.2) is 22.7 Å². The molecule has 6 heteroatoms. The Balaban J connectivity index is 2.67. The summed E-state index contributed by atoms with van der Waals surface area (Å²) in [5.41, 5.74) is 0.220. The molecule has 0 bridgehead atoms. The number of halogens is 1. The first-order valence-corrected chi connectivity index (χ1v) is 4.73. The van der Waals surface area contributed by atoms with E-state index in [-0.39, 0.29) is 11.3 Å². The molecule has 1 N–H and O–H groups in total. The molecule has 2 rings (SSSR count). The number of nitrogens with zero attached hydrogens (tertiary/aromatic N) is 1. The van der Waals surface area contributed by atoms with E-state index >= 15 is 0 Å². The van der Waals surface area contributed by atoms with Gasteiger partial charge >= 0.3 is 12.0 Å². The maximum absolute atomic E-state index is 11.4. The van der Waals surface area contributed by atoms with Gasteiger partial charge in [-0.25, -0.2) is 9.69 Å². The minimum Gasteiger partial charge on any atom is -0.464 e. The van der Waals surface area contributed by atoms with E-state index in [1.165, 1.54) is 12.1 Å². The van der Waals surface area contributed by atoms with Crippen LogP contribution in [0, 0.1) is 0 Å². The number of anilines is 1. The molecule has 76 valence electrons. The molecule has 1 aromatic rings. The third-order valence-electron chi connectivity index (χ3n) is 2.03. The van der Waals surface area contributed by atoms with Crippen LogP contribution >= 0.6 is 15.9 Å². The van der Waals surface area contributed by atoms with Gasteiger partial charge in [-0.1, -0.05) is 15.9 Å². The second kappa shape index (κ2) is 3.16. The van der Waals surface area contributed by atoms with Crippen molar-refractivity contribution >= 4 is 39.4 Å². The fourth-order valence-electron chi connectivity index (χ4n) is 1.40. The van der Waals surface area contributed by atoms with Crippen molar-refractivity contribution in [3.63, 3.8) is 0 Å². The van der Waals surface area contributed by atoms with Gasteiger partial charge in [0.1, 0.15) is 0 Å². The van der Waals surface area contributed by atoms with Gasteiger partial charge in [-0.05, 0) is 18.2 Å². The second-order valence-corrected chi connectivity index (χ2v) is 3.83. The SMILES string of the molecule is O=C1C(=O)N(C(=O)O)c2cc(Br)ccc21. The predicted octanol–water partition coefficient (Wildman–Crippen LogP) is 1.66. The molecule has 1 heterocycles. The van der Waals surface area contributed by atoms with E-state index in [1.807, 2.05) is 0 Å². The maximum Gasteiger partial charge on any atom is 0.419 e. The van der Waals surface area contributed by atoms with Gasteiger partial charge in [-0.3, -0.25) is 9.59 Å². The van der Waals surface area contributed by atoms with Crippen LogP contribution in [-0.2, 0) is 4.79 Å². The lowest BCUT2D eigenvalue weighted by atomic mass is 10.1. The molecule has 1 aliphatic heterocycles. The van der Waals surface area contributed by atoms with E-state index in [1.54, 1.807) is 6.07 Å². The summed E-state index contributed by atoms with van der Waals surface area (Å²) < 4.78 is 0.606. The number of imide groups is 1. The molecule has 0 aromatic heterocycles. The molecule has 0 saturated heterocycles. The Labute approximate surface area is 92.4 Å². The van der Waals surface area contributed by atoms with Crippen molar-refractivity contribution in [2.45, 2.75) is 0 Å². The summed E-state index contributed by atoms with van der Waals surface area (Å²) in [5, 5.41) is 8.78. The minimum atomic E-state index is -1.45. The average Bonchev–Trinajstić information content (AvgIpc) is 2.39. The quantitative estimate of drug-likeness (QED) is 0.727. The van der Waals surface area contributed by atoms with E-state index in [0.717, 1.165) is 0 Å². The Bertz CT molecular complexity index is 497. The number of fused-ring (bicyclic) bond motifs is 1. The first kappa shape index (κ1) is 9.85. The monoisotopic (exact) mass is 269 g/mol. The summed E-state index contributed by atoms with van der Waals surface area (Å²) in [6, 6.07) is 4.42.